The number of aliphatic hydroxyl groups is 1. The summed E-state index contributed by atoms with van der Waals surface area (Å²) in [5, 5.41) is 12.6. The van der Waals surface area contributed by atoms with Crippen LogP contribution in [0.4, 0.5) is 24.5 Å². The van der Waals surface area contributed by atoms with Crippen molar-refractivity contribution in [1.82, 2.24) is 0 Å². The van der Waals surface area contributed by atoms with E-state index in [-0.39, 0.29) is 12.2 Å². The van der Waals surface area contributed by atoms with Crippen molar-refractivity contribution in [3.63, 3.8) is 0 Å². The highest BCUT2D eigenvalue weighted by Crippen LogP contribution is 2.32. The van der Waals surface area contributed by atoms with E-state index in [2.05, 4.69) is 5.32 Å². The molecule has 6 heteroatoms. The van der Waals surface area contributed by atoms with Gasteiger partial charge in [-0.15, -0.1) is 0 Å². The standard InChI is InChI=1S/C12H17F3N2O/c1-3-11(2,18)7-17-10-5-4-8(6-9(10)16)12(13,14)15/h4-6,17-18H,3,7,16H2,1-2H3. The zero-order chi connectivity index (χ0) is 14.0. The molecule has 1 aromatic rings. The van der Waals surface area contributed by atoms with Crippen molar-refractivity contribution >= 4 is 11.4 Å². The molecule has 0 amide bonds. The Morgan fingerprint density at radius 1 is 1.33 bits per heavy atom. The second-order valence-corrected chi connectivity index (χ2v) is 4.50. The van der Waals surface area contributed by atoms with Crippen LogP contribution in [0.2, 0.25) is 0 Å². The number of nitrogen functional groups attached to an aromatic ring is 1. The number of hydrogen-bond donors (Lipinski definition) is 3. The van der Waals surface area contributed by atoms with Gasteiger partial charge in [-0.3, -0.25) is 0 Å². The van der Waals surface area contributed by atoms with Crippen molar-refractivity contribution in [2.24, 2.45) is 0 Å². The Balaban J connectivity index is 2.81. The Morgan fingerprint density at radius 2 is 1.94 bits per heavy atom. The Morgan fingerprint density at radius 3 is 2.39 bits per heavy atom. The second-order valence-electron chi connectivity index (χ2n) is 4.50. The molecule has 0 heterocycles. The zero-order valence-electron chi connectivity index (χ0n) is 10.3. The molecule has 3 nitrogen and oxygen atoms in total. The van der Waals surface area contributed by atoms with Gasteiger partial charge in [0.2, 0.25) is 0 Å². The van der Waals surface area contributed by atoms with Crippen LogP contribution in [0.25, 0.3) is 0 Å². The largest absolute Gasteiger partial charge is 0.416 e. The van der Waals surface area contributed by atoms with Crippen LogP contribution in [-0.4, -0.2) is 17.3 Å². The van der Waals surface area contributed by atoms with Crippen molar-refractivity contribution in [1.29, 1.82) is 0 Å². The highest BCUT2D eigenvalue weighted by molar-refractivity contribution is 5.67. The third-order valence-corrected chi connectivity index (χ3v) is 2.80. The monoisotopic (exact) mass is 262 g/mol. The van der Waals surface area contributed by atoms with E-state index in [0.717, 1.165) is 12.1 Å². The van der Waals surface area contributed by atoms with E-state index in [1.165, 1.54) is 6.07 Å². The van der Waals surface area contributed by atoms with Gasteiger partial charge in [0.25, 0.3) is 0 Å². The van der Waals surface area contributed by atoms with Crippen molar-refractivity contribution in [2.75, 3.05) is 17.6 Å². The van der Waals surface area contributed by atoms with Gasteiger partial charge >= 0.3 is 6.18 Å². The predicted octanol–water partition coefficient (Wildman–Crippen LogP) is 2.86. The van der Waals surface area contributed by atoms with Gasteiger partial charge in [-0.25, -0.2) is 0 Å². The molecule has 0 bridgehead atoms. The third-order valence-electron chi connectivity index (χ3n) is 2.80. The number of benzene rings is 1. The maximum absolute atomic E-state index is 12.4. The summed E-state index contributed by atoms with van der Waals surface area (Å²) in [4.78, 5) is 0. The first-order valence-corrected chi connectivity index (χ1v) is 5.59. The van der Waals surface area contributed by atoms with Crippen LogP contribution < -0.4 is 11.1 Å². The van der Waals surface area contributed by atoms with E-state index < -0.39 is 17.3 Å². The van der Waals surface area contributed by atoms with Crippen LogP contribution >= 0.6 is 0 Å². The Bertz CT molecular complexity index is 416. The maximum atomic E-state index is 12.4. The van der Waals surface area contributed by atoms with Gasteiger partial charge in [-0.1, -0.05) is 6.92 Å². The fourth-order valence-electron chi connectivity index (χ4n) is 1.31. The van der Waals surface area contributed by atoms with Crippen LogP contribution in [0, 0.1) is 0 Å². The normalized spacial score (nSPS) is 15.2. The van der Waals surface area contributed by atoms with Crippen LogP contribution in [-0.2, 0) is 6.18 Å². The van der Waals surface area contributed by atoms with Crippen LogP contribution in [0.5, 0.6) is 0 Å². The number of rotatable bonds is 4. The van der Waals surface area contributed by atoms with Crippen molar-refractivity contribution in [3.05, 3.63) is 23.8 Å². The molecule has 18 heavy (non-hydrogen) atoms. The molecule has 0 saturated carbocycles. The zero-order valence-corrected chi connectivity index (χ0v) is 10.3. The SMILES string of the molecule is CCC(C)(O)CNc1ccc(C(F)(F)F)cc1N. The predicted molar refractivity (Wildman–Crippen MR) is 65.3 cm³/mol. The average molecular weight is 262 g/mol. The topological polar surface area (TPSA) is 58.3 Å². The molecule has 0 aliphatic heterocycles. The molecule has 0 aromatic heterocycles. The molecule has 0 aliphatic carbocycles. The molecular weight excluding hydrogens is 245 g/mol. The molecule has 0 saturated heterocycles. The maximum Gasteiger partial charge on any atom is 0.416 e. The molecule has 1 unspecified atom stereocenters. The van der Waals surface area contributed by atoms with Gasteiger partial charge in [0.05, 0.1) is 22.5 Å². The van der Waals surface area contributed by atoms with E-state index >= 15 is 0 Å². The first-order chi connectivity index (χ1) is 8.15. The molecule has 1 rings (SSSR count). The summed E-state index contributed by atoms with van der Waals surface area (Å²) < 4.78 is 37.2. The summed E-state index contributed by atoms with van der Waals surface area (Å²) in [5.41, 5.74) is 4.24. The lowest BCUT2D eigenvalue weighted by atomic mass is 10.0. The lowest BCUT2D eigenvalue weighted by Gasteiger charge is -2.23. The Labute approximate surface area is 104 Å². The number of anilines is 2. The van der Waals surface area contributed by atoms with Gasteiger partial charge < -0.3 is 16.2 Å². The Kier molecular flexibility index (Phi) is 4.11. The Hall–Kier alpha value is -1.43. The van der Waals surface area contributed by atoms with Gasteiger partial charge in [0, 0.05) is 6.54 Å². The number of nitrogens with two attached hydrogens (primary N) is 1. The smallest absolute Gasteiger partial charge is 0.397 e. The first-order valence-electron chi connectivity index (χ1n) is 5.59. The van der Waals surface area contributed by atoms with Crippen molar-refractivity contribution in [3.8, 4) is 0 Å². The van der Waals surface area contributed by atoms with Crippen molar-refractivity contribution < 1.29 is 18.3 Å². The highest BCUT2D eigenvalue weighted by atomic mass is 19.4. The minimum Gasteiger partial charge on any atom is -0.397 e. The van der Waals surface area contributed by atoms with Gasteiger partial charge in [-0.05, 0) is 31.5 Å². The van der Waals surface area contributed by atoms with Crippen LogP contribution in [0.3, 0.4) is 0 Å². The van der Waals surface area contributed by atoms with Gasteiger partial charge in [-0.2, -0.15) is 13.2 Å². The fourth-order valence-corrected chi connectivity index (χ4v) is 1.31. The highest BCUT2D eigenvalue weighted by Gasteiger charge is 2.30. The van der Waals surface area contributed by atoms with E-state index in [9.17, 15) is 18.3 Å². The minimum absolute atomic E-state index is 0.0109. The summed E-state index contributed by atoms with van der Waals surface area (Å²) in [7, 11) is 0. The number of halogens is 3. The molecule has 102 valence electrons. The lowest BCUT2D eigenvalue weighted by molar-refractivity contribution is -0.137. The minimum atomic E-state index is -4.40. The fraction of sp³-hybridized carbons (Fsp3) is 0.500. The molecule has 1 aromatic carbocycles. The number of alkyl halides is 3. The van der Waals surface area contributed by atoms with E-state index in [1.54, 1.807) is 6.92 Å². The van der Waals surface area contributed by atoms with E-state index in [4.69, 9.17) is 5.73 Å². The molecular formula is C12H17F3N2O. The summed E-state index contributed by atoms with van der Waals surface area (Å²) >= 11 is 0. The summed E-state index contributed by atoms with van der Waals surface area (Å²) in [5.74, 6) is 0. The summed E-state index contributed by atoms with van der Waals surface area (Å²) in [6.45, 7) is 3.68. The van der Waals surface area contributed by atoms with Crippen LogP contribution in [0.15, 0.2) is 18.2 Å². The quantitative estimate of drug-likeness (QED) is 0.731. The molecule has 0 radical (unpaired) electrons. The lowest BCUT2D eigenvalue weighted by Crippen LogP contribution is -2.32. The first kappa shape index (κ1) is 14.6. The van der Waals surface area contributed by atoms with Crippen molar-refractivity contribution in [2.45, 2.75) is 32.0 Å². The third kappa shape index (κ3) is 3.80. The number of nitrogens with one attached hydrogen (secondary N) is 1. The summed E-state index contributed by atoms with van der Waals surface area (Å²) in [6.07, 6.45) is -3.87. The van der Waals surface area contributed by atoms with E-state index in [1.807, 2.05) is 6.92 Å². The van der Waals surface area contributed by atoms with Gasteiger partial charge in [0.1, 0.15) is 0 Å². The van der Waals surface area contributed by atoms with E-state index in [0.29, 0.717) is 12.1 Å². The molecule has 4 N–H and O–H groups in total. The molecule has 0 spiro atoms. The molecule has 0 fully saturated rings. The molecule has 0 aliphatic rings. The number of hydrogen-bond acceptors (Lipinski definition) is 3. The van der Waals surface area contributed by atoms with Gasteiger partial charge in [0.15, 0.2) is 0 Å². The van der Waals surface area contributed by atoms with Crippen LogP contribution in [0.1, 0.15) is 25.8 Å². The second kappa shape index (κ2) is 5.06. The molecule has 1 atom stereocenters. The summed E-state index contributed by atoms with van der Waals surface area (Å²) in [6, 6.07) is 3.10. The average Bonchev–Trinajstić information content (AvgIpc) is 2.26.